The summed E-state index contributed by atoms with van der Waals surface area (Å²) in [6.07, 6.45) is 1.60. The minimum atomic E-state index is -0.460. The molecular weight excluding hydrogens is 267 g/mol. The molecule has 3 rings (SSSR count). The van der Waals surface area contributed by atoms with Crippen molar-refractivity contribution in [2.45, 2.75) is 6.54 Å². The van der Waals surface area contributed by atoms with Gasteiger partial charge in [-0.25, -0.2) is 14.4 Å². The second-order valence-electron chi connectivity index (χ2n) is 4.49. The zero-order chi connectivity index (χ0) is 14.7. The molecule has 2 N–H and O–H groups in total. The monoisotopic (exact) mass is 280 g/mol. The molecule has 0 fully saturated rings. The third-order valence-electron chi connectivity index (χ3n) is 3.07. The third-order valence-corrected chi connectivity index (χ3v) is 3.07. The molecule has 2 aromatic heterocycles. The predicted molar refractivity (Wildman–Crippen MR) is 80.3 cm³/mol. The fourth-order valence-corrected chi connectivity index (χ4v) is 2.09. The lowest BCUT2D eigenvalue weighted by molar-refractivity contribution is 0.448. The zero-order valence-corrected chi connectivity index (χ0v) is 11.3. The van der Waals surface area contributed by atoms with Crippen LogP contribution < -0.4 is 5.73 Å². The van der Waals surface area contributed by atoms with Gasteiger partial charge in [0, 0.05) is 11.8 Å². The summed E-state index contributed by atoms with van der Waals surface area (Å²) < 4.78 is 14.5. The van der Waals surface area contributed by atoms with Gasteiger partial charge >= 0.3 is 0 Å². The standard InChI is InChI=1S/C16H13FN4/c17-9-10-21-14-4-2-1-3-13(14)20-16(21)8-6-12-5-7-15(18)19-11-12/h1-5,7,11H,9-10H2,(H2,18,19). The fraction of sp³-hybridized carbons (Fsp3) is 0.125. The van der Waals surface area contributed by atoms with Crippen molar-refractivity contribution in [1.82, 2.24) is 14.5 Å². The van der Waals surface area contributed by atoms with E-state index >= 15 is 0 Å². The summed E-state index contributed by atoms with van der Waals surface area (Å²) in [4.78, 5) is 8.42. The lowest BCUT2D eigenvalue weighted by Gasteiger charge is -2.01. The average molecular weight is 280 g/mol. The number of pyridine rings is 1. The van der Waals surface area contributed by atoms with Crippen LogP contribution in [0.1, 0.15) is 11.4 Å². The molecule has 0 saturated carbocycles. The normalized spacial score (nSPS) is 10.3. The number of aromatic nitrogens is 3. The maximum atomic E-state index is 12.8. The molecule has 0 bridgehead atoms. The molecule has 0 aliphatic heterocycles. The Labute approximate surface area is 121 Å². The zero-order valence-electron chi connectivity index (χ0n) is 11.3. The third kappa shape index (κ3) is 2.70. The van der Waals surface area contributed by atoms with Gasteiger partial charge in [0.2, 0.25) is 0 Å². The molecule has 21 heavy (non-hydrogen) atoms. The van der Waals surface area contributed by atoms with Crippen LogP contribution in [0, 0.1) is 11.8 Å². The number of imidazole rings is 1. The number of alkyl halides is 1. The minimum Gasteiger partial charge on any atom is -0.384 e. The molecule has 1 aromatic carbocycles. The van der Waals surface area contributed by atoms with Gasteiger partial charge in [-0.3, -0.25) is 0 Å². The second kappa shape index (κ2) is 5.63. The van der Waals surface area contributed by atoms with Crippen molar-refractivity contribution in [1.29, 1.82) is 0 Å². The van der Waals surface area contributed by atoms with Crippen molar-refractivity contribution in [3.05, 3.63) is 54.0 Å². The first-order valence-corrected chi connectivity index (χ1v) is 6.53. The number of rotatable bonds is 2. The molecular formula is C16H13FN4. The SMILES string of the molecule is Nc1ccc(C#Cc2nc3ccccc3n2CCF)cn1. The highest BCUT2D eigenvalue weighted by atomic mass is 19.1. The molecule has 5 heteroatoms. The highest BCUT2D eigenvalue weighted by Gasteiger charge is 2.07. The Balaban J connectivity index is 2.04. The summed E-state index contributed by atoms with van der Waals surface area (Å²) in [5.74, 6) is 6.95. The molecule has 0 amide bonds. The molecule has 0 aliphatic carbocycles. The Morgan fingerprint density at radius 2 is 2.00 bits per heavy atom. The van der Waals surface area contributed by atoms with Crippen LogP contribution in [0.4, 0.5) is 10.2 Å². The highest BCUT2D eigenvalue weighted by molar-refractivity contribution is 5.76. The van der Waals surface area contributed by atoms with E-state index in [1.165, 1.54) is 0 Å². The molecule has 0 radical (unpaired) electrons. The Morgan fingerprint density at radius 1 is 1.14 bits per heavy atom. The van der Waals surface area contributed by atoms with Gasteiger partial charge in [0.25, 0.3) is 0 Å². The van der Waals surface area contributed by atoms with Crippen LogP contribution in [0.2, 0.25) is 0 Å². The van der Waals surface area contributed by atoms with Crippen molar-refractivity contribution in [3.8, 4) is 11.8 Å². The van der Waals surface area contributed by atoms with Gasteiger partial charge < -0.3 is 10.3 Å². The van der Waals surface area contributed by atoms with Crippen molar-refractivity contribution in [2.24, 2.45) is 0 Å². The number of nitrogens with two attached hydrogens (primary N) is 1. The number of nitrogens with zero attached hydrogens (tertiary/aromatic N) is 3. The number of nitrogen functional groups attached to an aromatic ring is 1. The molecule has 3 aromatic rings. The van der Waals surface area contributed by atoms with E-state index in [2.05, 4.69) is 21.8 Å². The fourth-order valence-electron chi connectivity index (χ4n) is 2.09. The predicted octanol–water partition coefficient (Wildman–Crippen LogP) is 2.38. The molecule has 0 atom stereocenters. The molecule has 4 nitrogen and oxygen atoms in total. The maximum Gasteiger partial charge on any atom is 0.186 e. The minimum absolute atomic E-state index is 0.241. The van der Waals surface area contributed by atoms with Gasteiger partial charge in [-0.15, -0.1) is 0 Å². The van der Waals surface area contributed by atoms with Crippen LogP contribution in [0.5, 0.6) is 0 Å². The number of hydrogen-bond donors (Lipinski definition) is 1. The Bertz CT molecular complexity index is 825. The number of fused-ring (bicyclic) bond motifs is 1. The summed E-state index contributed by atoms with van der Waals surface area (Å²) in [6, 6.07) is 11.1. The summed E-state index contributed by atoms with van der Waals surface area (Å²) in [6.45, 7) is -0.219. The van der Waals surface area contributed by atoms with E-state index < -0.39 is 6.67 Å². The summed E-state index contributed by atoms with van der Waals surface area (Å²) >= 11 is 0. The number of halogens is 1. The van der Waals surface area contributed by atoms with Crippen molar-refractivity contribution in [2.75, 3.05) is 12.4 Å². The lowest BCUT2D eigenvalue weighted by Crippen LogP contribution is -2.02. The molecule has 2 heterocycles. The van der Waals surface area contributed by atoms with Gasteiger partial charge in [-0.1, -0.05) is 18.1 Å². The second-order valence-corrected chi connectivity index (χ2v) is 4.49. The molecule has 104 valence electrons. The number of para-hydroxylation sites is 2. The topological polar surface area (TPSA) is 56.7 Å². The van der Waals surface area contributed by atoms with Gasteiger partial charge in [0.05, 0.1) is 17.6 Å². The molecule has 0 spiro atoms. The summed E-state index contributed by atoms with van der Waals surface area (Å²) in [7, 11) is 0. The van der Waals surface area contributed by atoms with Crippen LogP contribution in [0.15, 0.2) is 42.6 Å². The average Bonchev–Trinajstić information content (AvgIpc) is 2.85. The first-order chi connectivity index (χ1) is 10.3. The first kappa shape index (κ1) is 13.1. The van der Waals surface area contributed by atoms with Crippen LogP contribution >= 0.6 is 0 Å². The molecule has 0 unspecified atom stereocenters. The number of aryl methyl sites for hydroxylation is 1. The molecule has 0 aliphatic rings. The Hall–Kier alpha value is -2.87. The van der Waals surface area contributed by atoms with Crippen LogP contribution in [0.25, 0.3) is 11.0 Å². The number of benzene rings is 1. The number of hydrogen-bond acceptors (Lipinski definition) is 3. The lowest BCUT2D eigenvalue weighted by atomic mass is 10.3. The van der Waals surface area contributed by atoms with E-state index in [-0.39, 0.29) is 6.54 Å². The van der Waals surface area contributed by atoms with E-state index in [1.54, 1.807) is 22.9 Å². The van der Waals surface area contributed by atoms with Gasteiger partial charge in [0.1, 0.15) is 12.5 Å². The first-order valence-electron chi connectivity index (χ1n) is 6.53. The summed E-state index contributed by atoms with van der Waals surface area (Å²) in [5.41, 5.74) is 7.97. The van der Waals surface area contributed by atoms with Crippen molar-refractivity contribution < 1.29 is 4.39 Å². The van der Waals surface area contributed by atoms with Gasteiger partial charge in [0.15, 0.2) is 5.82 Å². The Kier molecular flexibility index (Phi) is 3.52. The number of anilines is 1. The van der Waals surface area contributed by atoms with Crippen molar-refractivity contribution in [3.63, 3.8) is 0 Å². The Morgan fingerprint density at radius 3 is 2.76 bits per heavy atom. The van der Waals surface area contributed by atoms with E-state index in [9.17, 15) is 4.39 Å². The van der Waals surface area contributed by atoms with Crippen LogP contribution in [-0.2, 0) is 6.54 Å². The maximum absolute atomic E-state index is 12.8. The quantitative estimate of drug-likeness (QED) is 0.733. The van der Waals surface area contributed by atoms with Crippen LogP contribution in [0.3, 0.4) is 0 Å². The summed E-state index contributed by atoms with van der Waals surface area (Å²) in [5, 5.41) is 0. The largest absolute Gasteiger partial charge is 0.384 e. The highest BCUT2D eigenvalue weighted by Crippen LogP contribution is 2.15. The van der Waals surface area contributed by atoms with E-state index in [4.69, 9.17) is 5.73 Å². The van der Waals surface area contributed by atoms with E-state index in [1.807, 2.05) is 24.3 Å². The molecule has 0 saturated heterocycles. The smallest absolute Gasteiger partial charge is 0.186 e. The van der Waals surface area contributed by atoms with Gasteiger partial charge in [-0.05, 0) is 30.2 Å². The van der Waals surface area contributed by atoms with E-state index in [0.717, 1.165) is 16.6 Å². The van der Waals surface area contributed by atoms with Crippen molar-refractivity contribution >= 4 is 16.9 Å². The van der Waals surface area contributed by atoms with E-state index in [0.29, 0.717) is 11.6 Å². The van der Waals surface area contributed by atoms with Gasteiger partial charge in [-0.2, -0.15) is 0 Å². The van der Waals surface area contributed by atoms with Crippen LogP contribution in [-0.4, -0.2) is 21.2 Å².